The number of hydrogen-bond donors (Lipinski definition) is 3. The number of aliphatic carboxylic acids is 2. The molecule has 0 bridgehead atoms. The van der Waals surface area contributed by atoms with Gasteiger partial charge in [-0.2, -0.15) is 0 Å². The highest BCUT2D eigenvalue weighted by molar-refractivity contribution is 7.80. The van der Waals surface area contributed by atoms with Crippen LogP contribution in [0, 0.1) is 0 Å². The summed E-state index contributed by atoms with van der Waals surface area (Å²) in [6.45, 7) is 0. The number of carboxylic acid groups (broad SMARTS) is 2. The zero-order chi connectivity index (χ0) is 9.72. The molecule has 0 aliphatic rings. The zero-order valence-electron chi connectivity index (χ0n) is 6.19. The first-order valence-electron chi connectivity index (χ1n) is 3.15. The third-order valence-corrected chi connectivity index (χ3v) is 1.42. The van der Waals surface area contributed by atoms with Gasteiger partial charge in [0.25, 0.3) is 0 Å². The zero-order valence-corrected chi connectivity index (χ0v) is 7.00. The Kier molecular flexibility index (Phi) is 4.38. The molecular formula is C6H9NO4S. The molecule has 0 unspecified atom stereocenters. The highest BCUT2D eigenvalue weighted by Gasteiger charge is 2.15. The van der Waals surface area contributed by atoms with Gasteiger partial charge in [-0.3, -0.25) is 9.59 Å². The first-order valence-corrected chi connectivity index (χ1v) is 3.56. The molecule has 5 nitrogen and oxygen atoms in total. The van der Waals surface area contributed by atoms with E-state index in [9.17, 15) is 9.59 Å². The molecule has 0 aliphatic carbocycles. The molecule has 68 valence electrons. The van der Waals surface area contributed by atoms with Crippen molar-refractivity contribution in [1.82, 2.24) is 0 Å². The standard InChI is InChI=1S/C6H9NO4S/c7-4(6(10)11)1-3(12)2-5(8)9/h4H,1-2,7H2,(H,8,9)(H,10,11)/t4-/m1/s1. The van der Waals surface area contributed by atoms with Crippen LogP contribution in [0.4, 0.5) is 0 Å². The summed E-state index contributed by atoms with van der Waals surface area (Å²) in [6.07, 6.45) is -0.382. The summed E-state index contributed by atoms with van der Waals surface area (Å²) in [6, 6.07) is -1.10. The summed E-state index contributed by atoms with van der Waals surface area (Å²) in [5.74, 6) is -2.25. The Balaban J connectivity index is 3.85. The lowest BCUT2D eigenvalue weighted by molar-refractivity contribution is -0.139. The van der Waals surface area contributed by atoms with Crippen molar-refractivity contribution in [3.8, 4) is 0 Å². The predicted octanol–water partition coefficient (Wildman–Crippen LogP) is -0.367. The predicted molar refractivity (Wildman–Crippen MR) is 45.1 cm³/mol. The van der Waals surface area contributed by atoms with E-state index in [2.05, 4.69) is 12.2 Å². The molecule has 12 heavy (non-hydrogen) atoms. The van der Waals surface area contributed by atoms with Crippen molar-refractivity contribution in [1.29, 1.82) is 0 Å². The van der Waals surface area contributed by atoms with E-state index in [1.54, 1.807) is 0 Å². The lowest BCUT2D eigenvalue weighted by atomic mass is 10.1. The summed E-state index contributed by atoms with van der Waals surface area (Å²) >= 11 is 4.60. The molecule has 0 rings (SSSR count). The van der Waals surface area contributed by atoms with E-state index in [0.29, 0.717) is 0 Å². The molecule has 0 aromatic rings. The first-order chi connectivity index (χ1) is 5.43. The fourth-order valence-corrected chi connectivity index (χ4v) is 0.876. The van der Waals surface area contributed by atoms with Crippen molar-refractivity contribution in [2.45, 2.75) is 18.9 Å². The summed E-state index contributed by atoms with van der Waals surface area (Å²) in [4.78, 5) is 20.4. The molecule has 6 heteroatoms. The fourth-order valence-electron chi connectivity index (χ4n) is 0.573. The van der Waals surface area contributed by atoms with E-state index in [-0.39, 0.29) is 17.7 Å². The smallest absolute Gasteiger partial charge is 0.320 e. The van der Waals surface area contributed by atoms with Crippen LogP contribution in [0.25, 0.3) is 0 Å². The van der Waals surface area contributed by atoms with Crippen LogP contribution >= 0.6 is 12.2 Å². The summed E-state index contributed by atoms with van der Waals surface area (Å²) < 4.78 is 0. The minimum atomic E-state index is -1.18. The maximum Gasteiger partial charge on any atom is 0.320 e. The van der Waals surface area contributed by atoms with Gasteiger partial charge in [0.2, 0.25) is 0 Å². The molecule has 0 aromatic heterocycles. The van der Waals surface area contributed by atoms with Crippen molar-refractivity contribution < 1.29 is 19.8 Å². The molecule has 0 amide bonds. The molecule has 4 N–H and O–H groups in total. The van der Waals surface area contributed by atoms with E-state index in [4.69, 9.17) is 15.9 Å². The Morgan fingerprint density at radius 1 is 1.42 bits per heavy atom. The Labute approximate surface area is 74.2 Å². The van der Waals surface area contributed by atoms with Crippen LogP contribution < -0.4 is 5.73 Å². The summed E-state index contributed by atoms with van der Waals surface area (Å²) in [5, 5.41) is 16.6. The maximum absolute atomic E-state index is 10.2. The van der Waals surface area contributed by atoms with E-state index in [1.165, 1.54) is 0 Å². The van der Waals surface area contributed by atoms with Crippen molar-refractivity contribution in [2.24, 2.45) is 5.73 Å². The van der Waals surface area contributed by atoms with Gasteiger partial charge in [0.1, 0.15) is 6.04 Å². The molecule has 0 aliphatic heterocycles. The topological polar surface area (TPSA) is 101 Å². The van der Waals surface area contributed by atoms with E-state index in [0.717, 1.165) is 0 Å². The molecule has 0 radical (unpaired) electrons. The van der Waals surface area contributed by atoms with Crippen LogP contribution in [-0.4, -0.2) is 33.1 Å². The van der Waals surface area contributed by atoms with E-state index >= 15 is 0 Å². The highest BCUT2D eigenvalue weighted by Crippen LogP contribution is 1.97. The number of rotatable bonds is 5. The quantitative estimate of drug-likeness (QED) is 0.513. The molecule has 0 saturated heterocycles. The van der Waals surface area contributed by atoms with Crippen molar-refractivity contribution in [3.05, 3.63) is 0 Å². The van der Waals surface area contributed by atoms with Crippen molar-refractivity contribution in [3.63, 3.8) is 0 Å². The van der Waals surface area contributed by atoms with Gasteiger partial charge in [-0.25, -0.2) is 0 Å². The van der Waals surface area contributed by atoms with Gasteiger partial charge in [-0.05, 0) is 0 Å². The Morgan fingerprint density at radius 2 is 1.92 bits per heavy atom. The first kappa shape index (κ1) is 11.0. The molecule has 0 saturated carbocycles. The highest BCUT2D eigenvalue weighted by atomic mass is 32.1. The monoisotopic (exact) mass is 191 g/mol. The van der Waals surface area contributed by atoms with Crippen LogP contribution in [0.5, 0.6) is 0 Å². The lowest BCUT2D eigenvalue weighted by Gasteiger charge is -2.04. The average molecular weight is 191 g/mol. The Hall–Kier alpha value is -1.01. The van der Waals surface area contributed by atoms with Gasteiger partial charge in [0.05, 0.1) is 6.42 Å². The normalized spacial score (nSPS) is 12.1. The Morgan fingerprint density at radius 3 is 2.25 bits per heavy atom. The van der Waals surface area contributed by atoms with Gasteiger partial charge < -0.3 is 15.9 Å². The average Bonchev–Trinajstić information content (AvgIpc) is 1.84. The number of carbonyl (C=O) groups is 2. The summed E-state index contributed by atoms with van der Waals surface area (Å²) in [5.41, 5.74) is 5.11. The van der Waals surface area contributed by atoms with E-state index < -0.39 is 18.0 Å². The van der Waals surface area contributed by atoms with Crippen LogP contribution in [0.3, 0.4) is 0 Å². The SMILES string of the molecule is N[C@H](CC(=S)CC(=O)O)C(=O)O. The molecule has 0 fully saturated rings. The second-order valence-corrected chi connectivity index (χ2v) is 2.84. The van der Waals surface area contributed by atoms with Gasteiger partial charge in [-0.1, -0.05) is 12.2 Å². The van der Waals surface area contributed by atoms with Crippen LogP contribution in [0.1, 0.15) is 12.8 Å². The third kappa shape index (κ3) is 4.75. The Bertz CT molecular complexity index is 216. The summed E-state index contributed by atoms with van der Waals surface area (Å²) in [7, 11) is 0. The minimum Gasteiger partial charge on any atom is -0.481 e. The second kappa shape index (κ2) is 4.78. The van der Waals surface area contributed by atoms with Gasteiger partial charge in [0, 0.05) is 11.3 Å². The molecule has 0 heterocycles. The van der Waals surface area contributed by atoms with Gasteiger partial charge >= 0.3 is 11.9 Å². The number of thiocarbonyl (C=S) groups is 1. The molecule has 1 atom stereocenters. The van der Waals surface area contributed by atoms with Crippen LogP contribution in [0.2, 0.25) is 0 Å². The van der Waals surface area contributed by atoms with Gasteiger partial charge in [-0.15, -0.1) is 0 Å². The van der Waals surface area contributed by atoms with Gasteiger partial charge in [0.15, 0.2) is 0 Å². The van der Waals surface area contributed by atoms with E-state index in [1.807, 2.05) is 0 Å². The largest absolute Gasteiger partial charge is 0.481 e. The molecular weight excluding hydrogens is 182 g/mol. The minimum absolute atomic E-state index is 0.0725. The molecule has 0 aromatic carbocycles. The number of carboxylic acids is 2. The second-order valence-electron chi connectivity index (χ2n) is 2.26. The molecule has 0 spiro atoms. The van der Waals surface area contributed by atoms with Crippen LogP contribution in [-0.2, 0) is 9.59 Å². The number of hydrogen-bond acceptors (Lipinski definition) is 4. The fraction of sp³-hybridized carbons (Fsp3) is 0.500. The number of nitrogens with two attached hydrogens (primary N) is 1. The maximum atomic E-state index is 10.2. The van der Waals surface area contributed by atoms with Crippen molar-refractivity contribution in [2.75, 3.05) is 0 Å². The van der Waals surface area contributed by atoms with Crippen molar-refractivity contribution >= 4 is 29.0 Å². The van der Waals surface area contributed by atoms with Crippen LogP contribution in [0.15, 0.2) is 0 Å². The third-order valence-electron chi connectivity index (χ3n) is 1.11. The lowest BCUT2D eigenvalue weighted by Crippen LogP contribution is -2.32.